The first-order valence-electron chi connectivity index (χ1n) is 6.21. The molecule has 0 aliphatic heterocycles. The number of likely N-dealkylation sites (N-methyl/N-ethyl adjacent to an activating group) is 1. The number of halogens is 2. The lowest BCUT2D eigenvalue weighted by Gasteiger charge is -2.32. The third-order valence-electron chi connectivity index (χ3n) is 3.12. The highest BCUT2D eigenvalue weighted by Crippen LogP contribution is 2.30. The quantitative estimate of drug-likeness (QED) is 0.933. The van der Waals surface area contributed by atoms with Crippen molar-refractivity contribution in [2.24, 2.45) is 0 Å². The third kappa shape index (κ3) is 3.74. The Bertz CT molecular complexity index is 528. The molecule has 0 aliphatic rings. The summed E-state index contributed by atoms with van der Waals surface area (Å²) in [5.41, 5.74) is 0.692. The van der Waals surface area contributed by atoms with Crippen LogP contribution in [0.5, 0.6) is 0 Å². The topological polar surface area (TPSA) is 23.5 Å². The van der Waals surface area contributed by atoms with Crippen molar-refractivity contribution in [3.05, 3.63) is 70.7 Å². The molecule has 0 saturated carbocycles. The summed E-state index contributed by atoms with van der Waals surface area (Å²) in [7, 11) is 3.90. The van der Waals surface area contributed by atoms with Gasteiger partial charge in [0.1, 0.15) is 5.60 Å². The van der Waals surface area contributed by atoms with Crippen LogP contribution in [0.1, 0.15) is 11.1 Å². The summed E-state index contributed by atoms with van der Waals surface area (Å²) < 4.78 is 0. The first-order chi connectivity index (χ1) is 9.02. The fourth-order valence-corrected chi connectivity index (χ4v) is 2.37. The van der Waals surface area contributed by atoms with E-state index in [2.05, 4.69) is 0 Å². The number of hydrogen-bond acceptors (Lipinski definition) is 2. The standard InChI is InChI=1S/C16H18ClNO.ClH/c1-18(2)12-16(19,13-6-4-3-5-7-13)14-8-10-15(17)11-9-14;/h3-11,19H,12H2,1-2H3;1H. The van der Waals surface area contributed by atoms with Crippen LogP contribution in [-0.2, 0) is 5.60 Å². The minimum Gasteiger partial charge on any atom is -0.379 e. The average molecular weight is 312 g/mol. The van der Waals surface area contributed by atoms with Crippen molar-refractivity contribution >= 4 is 24.0 Å². The van der Waals surface area contributed by atoms with Crippen LogP contribution >= 0.6 is 24.0 Å². The molecule has 2 rings (SSSR count). The molecule has 0 amide bonds. The second-order valence-electron chi connectivity index (χ2n) is 4.97. The van der Waals surface area contributed by atoms with Gasteiger partial charge in [0.2, 0.25) is 0 Å². The number of hydrogen-bond donors (Lipinski definition) is 1. The molecule has 20 heavy (non-hydrogen) atoms. The Balaban J connectivity index is 0.00000200. The van der Waals surface area contributed by atoms with E-state index in [9.17, 15) is 5.11 Å². The maximum atomic E-state index is 11.1. The van der Waals surface area contributed by atoms with Gasteiger partial charge >= 0.3 is 0 Å². The second-order valence-corrected chi connectivity index (χ2v) is 5.41. The third-order valence-corrected chi connectivity index (χ3v) is 3.37. The van der Waals surface area contributed by atoms with E-state index < -0.39 is 5.60 Å². The van der Waals surface area contributed by atoms with E-state index in [1.54, 1.807) is 12.1 Å². The predicted octanol–water partition coefficient (Wildman–Crippen LogP) is 3.56. The smallest absolute Gasteiger partial charge is 0.127 e. The van der Waals surface area contributed by atoms with Crippen LogP contribution in [0.15, 0.2) is 54.6 Å². The summed E-state index contributed by atoms with van der Waals surface area (Å²) in [4.78, 5) is 1.97. The number of benzene rings is 2. The zero-order valence-corrected chi connectivity index (χ0v) is 13.2. The van der Waals surface area contributed by atoms with Crippen molar-refractivity contribution in [3.8, 4) is 0 Å². The Morgan fingerprint density at radius 3 is 1.95 bits per heavy atom. The molecule has 0 saturated heterocycles. The highest BCUT2D eigenvalue weighted by molar-refractivity contribution is 6.30. The Morgan fingerprint density at radius 2 is 1.45 bits per heavy atom. The number of aliphatic hydroxyl groups is 1. The fourth-order valence-electron chi connectivity index (χ4n) is 2.25. The van der Waals surface area contributed by atoms with E-state index in [0.717, 1.165) is 11.1 Å². The van der Waals surface area contributed by atoms with E-state index in [1.807, 2.05) is 61.5 Å². The minimum absolute atomic E-state index is 0. The monoisotopic (exact) mass is 311 g/mol. The molecule has 0 bridgehead atoms. The molecule has 1 N–H and O–H groups in total. The van der Waals surface area contributed by atoms with Crippen LogP contribution in [0.25, 0.3) is 0 Å². The van der Waals surface area contributed by atoms with Gasteiger partial charge in [-0.3, -0.25) is 0 Å². The normalized spacial score (nSPS) is 13.7. The fraction of sp³-hybridized carbons (Fsp3) is 0.250. The first-order valence-corrected chi connectivity index (χ1v) is 6.59. The Kier molecular flexibility index (Phi) is 6.03. The average Bonchev–Trinajstić information content (AvgIpc) is 2.39. The van der Waals surface area contributed by atoms with Crippen LogP contribution in [0, 0.1) is 0 Å². The molecule has 0 spiro atoms. The van der Waals surface area contributed by atoms with Gasteiger partial charge in [-0.25, -0.2) is 0 Å². The van der Waals surface area contributed by atoms with Crippen molar-refractivity contribution in [3.63, 3.8) is 0 Å². The summed E-state index contributed by atoms with van der Waals surface area (Å²) in [6.45, 7) is 0.513. The molecule has 2 nitrogen and oxygen atoms in total. The molecule has 2 aromatic carbocycles. The van der Waals surface area contributed by atoms with Crippen LogP contribution in [0.2, 0.25) is 5.02 Å². The van der Waals surface area contributed by atoms with Gasteiger partial charge in [0.05, 0.1) is 0 Å². The molecule has 1 atom stereocenters. The van der Waals surface area contributed by atoms with E-state index in [4.69, 9.17) is 11.6 Å². The van der Waals surface area contributed by atoms with E-state index in [0.29, 0.717) is 11.6 Å². The molecular weight excluding hydrogens is 293 g/mol. The maximum Gasteiger partial charge on any atom is 0.127 e. The van der Waals surface area contributed by atoms with Crippen LogP contribution in [0.4, 0.5) is 0 Å². The molecule has 0 heterocycles. The summed E-state index contributed by atoms with van der Waals surface area (Å²) in [6, 6.07) is 17.1. The Morgan fingerprint density at radius 1 is 0.950 bits per heavy atom. The SMILES string of the molecule is CN(C)CC(O)(c1ccccc1)c1ccc(Cl)cc1.Cl. The summed E-state index contributed by atoms with van der Waals surface area (Å²) in [5.74, 6) is 0. The lowest BCUT2D eigenvalue weighted by atomic mass is 9.86. The summed E-state index contributed by atoms with van der Waals surface area (Å²) in [5, 5.41) is 11.8. The predicted molar refractivity (Wildman–Crippen MR) is 86.7 cm³/mol. The van der Waals surface area contributed by atoms with Gasteiger partial charge < -0.3 is 10.0 Å². The zero-order chi connectivity index (χ0) is 13.9. The highest BCUT2D eigenvalue weighted by atomic mass is 35.5. The molecule has 0 aliphatic carbocycles. The molecule has 4 heteroatoms. The van der Waals surface area contributed by atoms with E-state index in [1.165, 1.54) is 0 Å². The molecule has 0 aromatic heterocycles. The largest absolute Gasteiger partial charge is 0.379 e. The lowest BCUT2D eigenvalue weighted by molar-refractivity contribution is 0.0514. The summed E-state index contributed by atoms with van der Waals surface area (Å²) >= 11 is 5.92. The van der Waals surface area contributed by atoms with Crippen molar-refractivity contribution in [2.45, 2.75) is 5.60 Å². The van der Waals surface area contributed by atoms with Crippen LogP contribution < -0.4 is 0 Å². The summed E-state index contributed by atoms with van der Waals surface area (Å²) in [6.07, 6.45) is 0. The van der Waals surface area contributed by atoms with Crippen molar-refractivity contribution in [1.29, 1.82) is 0 Å². The minimum atomic E-state index is -1.03. The number of rotatable bonds is 4. The first kappa shape index (κ1) is 17.0. The van der Waals surface area contributed by atoms with Gasteiger partial charge in [-0.05, 0) is 37.4 Å². The van der Waals surface area contributed by atoms with Gasteiger partial charge in [-0.2, -0.15) is 0 Å². The van der Waals surface area contributed by atoms with Gasteiger partial charge in [-0.1, -0.05) is 54.1 Å². The highest BCUT2D eigenvalue weighted by Gasteiger charge is 2.31. The lowest BCUT2D eigenvalue weighted by Crippen LogP contribution is -2.38. The molecular formula is C16H19Cl2NO. The molecule has 1 unspecified atom stereocenters. The Hall–Kier alpha value is -1.06. The van der Waals surface area contributed by atoms with Gasteiger partial charge in [0, 0.05) is 11.6 Å². The van der Waals surface area contributed by atoms with Crippen LogP contribution in [0.3, 0.4) is 0 Å². The van der Waals surface area contributed by atoms with Crippen molar-refractivity contribution < 1.29 is 5.11 Å². The van der Waals surface area contributed by atoms with Crippen molar-refractivity contribution in [1.82, 2.24) is 4.90 Å². The Labute approximate surface area is 131 Å². The zero-order valence-electron chi connectivity index (χ0n) is 11.6. The molecule has 2 aromatic rings. The van der Waals surface area contributed by atoms with Gasteiger partial charge in [-0.15, -0.1) is 12.4 Å². The maximum absolute atomic E-state index is 11.1. The molecule has 0 fully saturated rings. The van der Waals surface area contributed by atoms with Crippen LogP contribution in [-0.4, -0.2) is 30.6 Å². The van der Waals surface area contributed by atoms with Gasteiger partial charge in [0.25, 0.3) is 0 Å². The van der Waals surface area contributed by atoms with E-state index in [-0.39, 0.29) is 12.4 Å². The van der Waals surface area contributed by atoms with Gasteiger partial charge in [0.15, 0.2) is 0 Å². The second kappa shape index (κ2) is 7.09. The van der Waals surface area contributed by atoms with E-state index >= 15 is 0 Å². The molecule has 0 radical (unpaired) electrons. The van der Waals surface area contributed by atoms with Crippen molar-refractivity contribution in [2.75, 3.05) is 20.6 Å². The number of nitrogens with zero attached hydrogens (tertiary/aromatic N) is 1. The molecule has 108 valence electrons.